The monoisotopic (exact) mass is 274 g/mol. The Bertz CT molecular complexity index is 551. The molecule has 5 N–H and O–H groups in total. The molecule has 0 aliphatic rings. The number of nitrogens with two attached hydrogens (primary N) is 1. The summed E-state index contributed by atoms with van der Waals surface area (Å²) in [5.74, 6) is 0.795. The van der Waals surface area contributed by atoms with Gasteiger partial charge in [-0.25, -0.2) is 9.78 Å². The summed E-state index contributed by atoms with van der Waals surface area (Å²) in [4.78, 5) is 14.9. The smallest absolute Gasteiger partial charge is 0.316 e. The van der Waals surface area contributed by atoms with E-state index in [0.717, 1.165) is 11.4 Å². The van der Waals surface area contributed by atoms with Gasteiger partial charge in [0.15, 0.2) is 0 Å². The van der Waals surface area contributed by atoms with Crippen LogP contribution in [0.3, 0.4) is 0 Å². The first kappa shape index (κ1) is 14.0. The molecular formula is C13H18N6O. The highest BCUT2D eigenvalue weighted by molar-refractivity contribution is 5.87. The van der Waals surface area contributed by atoms with E-state index in [2.05, 4.69) is 32.7 Å². The third kappa shape index (κ3) is 3.55. The van der Waals surface area contributed by atoms with Crippen molar-refractivity contribution in [2.45, 2.75) is 25.9 Å². The fourth-order valence-corrected chi connectivity index (χ4v) is 1.97. The minimum Gasteiger partial charge on any atom is -0.351 e. The summed E-state index contributed by atoms with van der Waals surface area (Å²) in [5, 5.41) is 12.6. The van der Waals surface area contributed by atoms with Gasteiger partial charge in [-0.15, -0.1) is 0 Å². The molecule has 2 atom stereocenters. The molecule has 7 nitrogen and oxygen atoms in total. The average Bonchev–Trinajstić information content (AvgIpc) is 2.92. The lowest BCUT2D eigenvalue weighted by atomic mass is 10.1. The van der Waals surface area contributed by atoms with Crippen LogP contribution in [0, 0.1) is 0 Å². The van der Waals surface area contributed by atoms with Gasteiger partial charge in [-0.2, -0.15) is 5.10 Å². The number of urea groups is 1. The van der Waals surface area contributed by atoms with E-state index in [1.165, 1.54) is 6.33 Å². The average molecular weight is 274 g/mol. The van der Waals surface area contributed by atoms with Gasteiger partial charge >= 0.3 is 6.03 Å². The number of carbonyl (C=O) groups is 1. The highest BCUT2D eigenvalue weighted by Crippen LogP contribution is 2.19. The van der Waals surface area contributed by atoms with Gasteiger partial charge in [-0.3, -0.25) is 5.10 Å². The number of nitrogens with one attached hydrogen (secondary N) is 3. The summed E-state index contributed by atoms with van der Waals surface area (Å²) in [5.41, 5.74) is 6.84. The Morgan fingerprint density at radius 3 is 2.50 bits per heavy atom. The number of nitrogens with zero attached hydrogens (tertiary/aromatic N) is 2. The summed E-state index contributed by atoms with van der Waals surface area (Å²) in [6, 6.07) is 7.15. The molecule has 7 heteroatoms. The van der Waals surface area contributed by atoms with Crippen LogP contribution in [-0.2, 0) is 0 Å². The molecule has 1 heterocycles. The molecule has 0 bridgehead atoms. The Kier molecular flexibility index (Phi) is 4.31. The van der Waals surface area contributed by atoms with Crippen molar-refractivity contribution in [2.24, 2.45) is 5.73 Å². The molecule has 0 radical (unpaired) electrons. The van der Waals surface area contributed by atoms with Crippen molar-refractivity contribution < 1.29 is 4.79 Å². The van der Waals surface area contributed by atoms with Crippen LogP contribution in [0.4, 0.5) is 10.5 Å². The zero-order valence-corrected chi connectivity index (χ0v) is 11.4. The van der Waals surface area contributed by atoms with Crippen molar-refractivity contribution in [3.05, 3.63) is 42.0 Å². The number of hydrogen-bond donors (Lipinski definition) is 4. The van der Waals surface area contributed by atoms with Gasteiger partial charge in [0.05, 0.1) is 6.04 Å². The Morgan fingerprint density at radius 2 is 1.95 bits per heavy atom. The van der Waals surface area contributed by atoms with Crippen molar-refractivity contribution in [3.8, 4) is 0 Å². The molecule has 0 saturated carbocycles. The van der Waals surface area contributed by atoms with Gasteiger partial charge in [0.2, 0.25) is 0 Å². The minimum absolute atomic E-state index is 0.0657. The molecule has 0 aliphatic carbocycles. The number of H-pyrrole nitrogens is 1. The zero-order chi connectivity index (χ0) is 14.5. The molecule has 0 spiro atoms. The number of aromatic amines is 1. The van der Waals surface area contributed by atoms with Crippen LogP contribution in [0.25, 0.3) is 0 Å². The highest BCUT2D eigenvalue weighted by atomic mass is 16.2. The molecule has 2 aromatic rings. The number of hydrogen-bond acceptors (Lipinski definition) is 4. The van der Waals surface area contributed by atoms with E-state index in [1.807, 2.05) is 31.2 Å². The second-order valence-corrected chi connectivity index (χ2v) is 4.59. The molecule has 0 fully saturated rings. The van der Waals surface area contributed by atoms with Crippen LogP contribution in [0.15, 0.2) is 30.6 Å². The lowest BCUT2D eigenvalue weighted by molar-refractivity contribution is 0.259. The SMILES string of the molecule is CC(NC(C)c1ncn[nH]1)c1ccc(NC(N)=O)cc1. The quantitative estimate of drug-likeness (QED) is 0.665. The zero-order valence-electron chi connectivity index (χ0n) is 11.4. The molecule has 1 aromatic carbocycles. The molecule has 0 saturated heterocycles. The summed E-state index contributed by atoms with van der Waals surface area (Å²) < 4.78 is 0. The van der Waals surface area contributed by atoms with E-state index in [9.17, 15) is 4.79 Å². The van der Waals surface area contributed by atoms with Crippen LogP contribution in [0.2, 0.25) is 0 Å². The molecule has 0 aliphatic heterocycles. The van der Waals surface area contributed by atoms with Crippen molar-refractivity contribution in [1.29, 1.82) is 0 Å². The van der Waals surface area contributed by atoms with E-state index in [0.29, 0.717) is 5.69 Å². The summed E-state index contributed by atoms with van der Waals surface area (Å²) in [7, 11) is 0. The van der Waals surface area contributed by atoms with Crippen molar-refractivity contribution in [2.75, 3.05) is 5.32 Å². The lowest BCUT2D eigenvalue weighted by Crippen LogP contribution is -2.23. The summed E-state index contributed by atoms with van der Waals surface area (Å²) in [6.07, 6.45) is 1.49. The van der Waals surface area contributed by atoms with E-state index < -0.39 is 6.03 Å². The normalized spacial score (nSPS) is 13.7. The van der Waals surface area contributed by atoms with Crippen LogP contribution in [0.5, 0.6) is 0 Å². The number of benzene rings is 1. The third-order valence-electron chi connectivity index (χ3n) is 3.02. The van der Waals surface area contributed by atoms with Crippen LogP contribution in [-0.4, -0.2) is 21.2 Å². The molecule has 2 amide bonds. The molecule has 2 unspecified atom stereocenters. The molecule has 106 valence electrons. The fraction of sp³-hybridized carbons (Fsp3) is 0.308. The number of amides is 2. The number of rotatable bonds is 5. The molecule has 2 rings (SSSR count). The molecule has 20 heavy (non-hydrogen) atoms. The first-order valence-electron chi connectivity index (χ1n) is 6.34. The Balaban J connectivity index is 1.98. The fourth-order valence-electron chi connectivity index (χ4n) is 1.97. The maximum Gasteiger partial charge on any atom is 0.316 e. The first-order chi connectivity index (χ1) is 9.56. The van der Waals surface area contributed by atoms with Crippen molar-refractivity contribution in [1.82, 2.24) is 20.5 Å². The van der Waals surface area contributed by atoms with Gasteiger partial charge in [0, 0.05) is 11.7 Å². The summed E-state index contributed by atoms with van der Waals surface area (Å²) >= 11 is 0. The van der Waals surface area contributed by atoms with Crippen LogP contribution < -0.4 is 16.4 Å². The number of anilines is 1. The lowest BCUT2D eigenvalue weighted by Gasteiger charge is -2.19. The second-order valence-electron chi connectivity index (χ2n) is 4.59. The Hall–Kier alpha value is -2.41. The van der Waals surface area contributed by atoms with Crippen molar-refractivity contribution in [3.63, 3.8) is 0 Å². The van der Waals surface area contributed by atoms with Gasteiger partial charge < -0.3 is 16.4 Å². The van der Waals surface area contributed by atoms with E-state index in [4.69, 9.17) is 5.73 Å². The van der Waals surface area contributed by atoms with Gasteiger partial charge in [0.25, 0.3) is 0 Å². The second kappa shape index (κ2) is 6.16. The standard InChI is InChI=1S/C13H18N6O/c1-8(17-9(2)12-15-7-16-19-12)10-3-5-11(6-4-10)18-13(14)20/h3-9,17H,1-2H3,(H3,14,18,20)(H,15,16,19). The van der Waals surface area contributed by atoms with Gasteiger partial charge in [0.1, 0.15) is 12.2 Å². The van der Waals surface area contributed by atoms with Crippen molar-refractivity contribution >= 4 is 11.7 Å². The third-order valence-corrected chi connectivity index (χ3v) is 3.02. The van der Waals surface area contributed by atoms with E-state index in [-0.39, 0.29) is 12.1 Å². The van der Waals surface area contributed by atoms with Gasteiger partial charge in [-0.05, 0) is 31.5 Å². The van der Waals surface area contributed by atoms with E-state index >= 15 is 0 Å². The predicted octanol–water partition coefficient (Wildman–Crippen LogP) is 1.71. The van der Waals surface area contributed by atoms with Crippen LogP contribution in [0.1, 0.15) is 37.3 Å². The first-order valence-corrected chi connectivity index (χ1v) is 6.34. The highest BCUT2D eigenvalue weighted by Gasteiger charge is 2.13. The van der Waals surface area contributed by atoms with Crippen LogP contribution >= 0.6 is 0 Å². The number of carbonyl (C=O) groups excluding carboxylic acids is 1. The molecule has 1 aromatic heterocycles. The number of primary amides is 1. The maximum atomic E-state index is 10.7. The topological polar surface area (TPSA) is 109 Å². The largest absolute Gasteiger partial charge is 0.351 e. The summed E-state index contributed by atoms with van der Waals surface area (Å²) in [6.45, 7) is 4.07. The number of aromatic nitrogens is 3. The van der Waals surface area contributed by atoms with Gasteiger partial charge in [-0.1, -0.05) is 12.1 Å². The minimum atomic E-state index is -0.567. The predicted molar refractivity (Wildman–Crippen MR) is 76.0 cm³/mol. The Labute approximate surface area is 117 Å². The molecular weight excluding hydrogens is 256 g/mol. The Morgan fingerprint density at radius 1 is 1.25 bits per heavy atom. The maximum absolute atomic E-state index is 10.7. The van der Waals surface area contributed by atoms with E-state index in [1.54, 1.807) is 0 Å².